The molecule has 1 amide bonds. The summed E-state index contributed by atoms with van der Waals surface area (Å²) in [6.07, 6.45) is 1.87. The normalized spacial score (nSPS) is 17.7. The largest absolute Gasteiger partial charge is 0.472 e. The van der Waals surface area contributed by atoms with E-state index >= 15 is 0 Å². The molecule has 6 heteroatoms. The number of ether oxygens (including phenoxy) is 1. The zero-order valence-corrected chi connectivity index (χ0v) is 12.5. The van der Waals surface area contributed by atoms with Crippen molar-refractivity contribution in [1.82, 2.24) is 14.7 Å². The number of aromatic nitrogens is 2. The number of carbonyl (C=O) groups is 1. The van der Waals surface area contributed by atoms with Gasteiger partial charge >= 0.3 is 6.09 Å². The second-order valence-electron chi connectivity index (χ2n) is 5.55. The van der Waals surface area contributed by atoms with Crippen molar-refractivity contribution in [2.75, 3.05) is 13.1 Å². The van der Waals surface area contributed by atoms with Gasteiger partial charge in [-0.05, 0) is 12.0 Å². The average molecular weight is 301 g/mol. The van der Waals surface area contributed by atoms with Gasteiger partial charge < -0.3 is 14.7 Å². The first-order valence-electron chi connectivity index (χ1n) is 7.31. The number of nitrogens with zero attached hydrogens (tertiary/aromatic N) is 3. The van der Waals surface area contributed by atoms with Crippen LogP contribution in [0.15, 0.2) is 36.5 Å². The monoisotopic (exact) mass is 301 g/mol. The molecule has 0 aliphatic carbocycles. The Morgan fingerprint density at radius 1 is 1.41 bits per heavy atom. The lowest BCUT2D eigenvalue weighted by Gasteiger charge is -2.12. The average Bonchev–Trinajstić information content (AvgIpc) is 3.12. The highest BCUT2D eigenvalue weighted by Gasteiger charge is 2.30. The molecule has 1 unspecified atom stereocenters. The third-order valence-electron chi connectivity index (χ3n) is 3.94. The molecule has 1 N–H and O–H groups in total. The van der Waals surface area contributed by atoms with E-state index in [1.165, 1.54) is 4.90 Å². The quantitative estimate of drug-likeness (QED) is 0.942. The van der Waals surface area contributed by atoms with Crippen molar-refractivity contribution in [1.29, 1.82) is 0 Å². The van der Waals surface area contributed by atoms with Gasteiger partial charge in [-0.15, -0.1) is 5.10 Å². The van der Waals surface area contributed by atoms with Crippen LogP contribution < -0.4 is 4.74 Å². The SMILES string of the molecule is Cn1cc(C2CCN(C(=O)O)C2)c(OCc2ccccc2)n1. The smallest absolute Gasteiger partial charge is 0.407 e. The van der Waals surface area contributed by atoms with Crippen molar-refractivity contribution in [3.63, 3.8) is 0 Å². The highest BCUT2D eigenvalue weighted by molar-refractivity contribution is 5.65. The lowest BCUT2D eigenvalue weighted by molar-refractivity contribution is 0.155. The van der Waals surface area contributed by atoms with Crippen LogP contribution in [0.25, 0.3) is 0 Å². The lowest BCUT2D eigenvalue weighted by atomic mass is 10.0. The lowest BCUT2D eigenvalue weighted by Crippen LogP contribution is -2.26. The Morgan fingerprint density at radius 2 is 2.18 bits per heavy atom. The van der Waals surface area contributed by atoms with Crippen LogP contribution in [0, 0.1) is 0 Å². The first-order valence-corrected chi connectivity index (χ1v) is 7.31. The van der Waals surface area contributed by atoms with Gasteiger partial charge in [-0.3, -0.25) is 4.68 Å². The van der Waals surface area contributed by atoms with Crippen LogP contribution in [-0.4, -0.2) is 39.0 Å². The molecule has 0 bridgehead atoms. The van der Waals surface area contributed by atoms with Gasteiger partial charge in [0.2, 0.25) is 5.88 Å². The van der Waals surface area contributed by atoms with Gasteiger partial charge in [-0.1, -0.05) is 30.3 Å². The number of hydrogen-bond acceptors (Lipinski definition) is 3. The molecule has 6 nitrogen and oxygen atoms in total. The van der Waals surface area contributed by atoms with Crippen LogP contribution in [-0.2, 0) is 13.7 Å². The summed E-state index contributed by atoms with van der Waals surface area (Å²) in [6.45, 7) is 1.52. The zero-order chi connectivity index (χ0) is 15.5. The Kier molecular flexibility index (Phi) is 4.00. The molecule has 1 aromatic carbocycles. The number of rotatable bonds is 4. The molecule has 22 heavy (non-hydrogen) atoms. The minimum Gasteiger partial charge on any atom is -0.472 e. The predicted molar refractivity (Wildman–Crippen MR) is 80.9 cm³/mol. The van der Waals surface area contributed by atoms with E-state index in [0.29, 0.717) is 25.6 Å². The first kappa shape index (κ1) is 14.4. The summed E-state index contributed by atoms with van der Waals surface area (Å²) >= 11 is 0. The molecule has 2 heterocycles. The van der Waals surface area contributed by atoms with Crippen LogP contribution in [0.3, 0.4) is 0 Å². The van der Waals surface area contributed by atoms with E-state index in [9.17, 15) is 4.79 Å². The summed E-state index contributed by atoms with van der Waals surface area (Å²) in [6, 6.07) is 9.92. The number of benzene rings is 1. The van der Waals surface area contributed by atoms with Crippen molar-refractivity contribution < 1.29 is 14.6 Å². The Labute approximate surface area is 128 Å². The minimum atomic E-state index is -0.863. The minimum absolute atomic E-state index is 0.149. The van der Waals surface area contributed by atoms with Crippen molar-refractivity contribution in [3.8, 4) is 5.88 Å². The molecule has 1 aliphatic rings. The second-order valence-corrected chi connectivity index (χ2v) is 5.55. The Hall–Kier alpha value is -2.50. The number of likely N-dealkylation sites (tertiary alicyclic amines) is 1. The molecular weight excluding hydrogens is 282 g/mol. The molecular formula is C16H19N3O3. The van der Waals surface area contributed by atoms with Crippen LogP contribution >= 0.6 is 0 Å². The van der Waals surface area contributed by atoms with Crippen LogP contribution in [0.5, 0.6) is 5.88 Å². The number of aryl methyl sites for hydroxylation is 1. The van der Waals surface area contributed by atoms with Gasteiger partial charge in [0.1, 0.15) is 6.61 Å². The molecule has 1 aromatic heterocycles. The van der Waals surface area contributed by atoms with E-state index in [1.54, 1.807) is 4.68 Å². The molecule has 0 saturated carbocycles. The maximum absolute atomic E-state index is 11.1. The van der Waals surface area contributed by atoms with Crippen LogP contribution in [0.4, 0.5) is 4.79 Å². The highest BCUT2D eigenvalue weighted by Crippen LogP contribution is 2.33. The van der Waals surface area contributed by atoms with Gasteiger partial charge in [0, 0.05) is 37.8 Å². The van der Waals surface area contributed by atoms with Crippen molar-refractivity contribution in [3.05, 3.63) is 47.7 Å². The standard InChI is InChI=1S/C16H19N3O3/c1-18-10-14(13-7-8-19(9-13)16(20)21)15(17-18)22-11-12-5-3-2-4-6-12/h2-6,10,13H,7-9,11H2,1H3,(H,20,21). The van der Waals surface area contributed by atoms with E-state index in [1.807, 2.05) is 43.6 Å². The predicted octanol–water partition coefficient (Wildman–Crippen LogP) is 2.47. The summed E-state index contributed by atoms with van der Waals surface area (Å²) in [4.78, 5) is 12.5. The molecule has 116 valence electrons. The summed E-state index contributed by atoms with van der Waals surface area (Å²) in [5.41, 5.74) is 2.07. The molecule has 1 saturated heterocycles. The maximum atomic E-state index is 11.1. The summed E-state index contributed by atoms with van der Waals surface area (Å²) in [5.74, 6) is 0.749. The molecule has 3 rings (SSSR count). The Morgan fingerprint density at radius 3 is 2.86 bits per heavy atom. The zero-order valence-electron chi connectivity index (χ0n) is 12.5. The highest BCUT2D eigenvalue weighted by atomic mass is 16.5. The van der Waals surface area contributed by atoms with E-state index in [4.69, 9.17) is 9.84 Å². The topological polar surface area (TPSA) is 67.6 Å². The second kappa shape index (κ2) is 6.09. The van der Waals surface area contributed by atoms with Crippen molar-refractivity contribution in [2.45, 2.75) is 18.9 Å². The summed E-state index contributed by atoms with van der Waals surface area (Å²) in [5, 5.41) is 13.4. The molecule has 0 spiro atoms. The molecule has 2 aromatic rings. The van der Waals surface area contributed by atoms with Crippen molar-refractivity contribution >= 4 is 6.09 Å². The molecule has 0 radical (unpaired) electrons. The Balaban J connectivity index is 1.72. The maximum Gasteiger partial charge on any atom is 0.407 e. The van der Waals surface area contributed by atoms with Crippen LogP contribution in [0.1, 0.15) is 23.5 Å². The van der Waals surface area contributed by atoms with Gasteiger partial charge in [0.25, 0.3) is 0 Å². The molecule has 1 aliphatic heterocycles. The van der Waals surface area contributed by atoms with Gasteiger partial charge in [-0.2, -0.15) is 0 Å². The summed E-state index contributed by atoms with van der Waals surface area (Å²) in [7, 11) is 1.85. The third kappa shape index (κ3) is 3.05. The first-order chi connectivity index (χ1) is 10.6. The molecule has 1 atom stereocenters. The van der Waals surface area contributed by atoms with Gasteiger partial charge in [0.15, 0.2) is 0 Å². The van der Waals surface area contributed by atoms with E-state index in [2.05, 4.69) is 5.10 Å². The fourth-order valence-corrected chi connectivity index (χ4v) is 2.79. The van der Waals surface area contributed by atoms with Crippen molar-refractivity contribution in [2.24, 2.45) is 7.05 Å². The van der Waals surface area contributed by atoms with Crippen LogP contribution in [0.2, 0.25) is 0 Å². The number of hydrogen-bond donors (Lipinski definition) is 1. The summed E-state index contributed by atoms with van der Waals surface area (Å²) < 4.78 is 7.58. The fraction of sp³-hybridized carbons (Fsp3) is 0.375. The van der Waals surface area contributed by atoms with E-state index < -0.39 is 6.09 Å². The Bertz CT molecular complexity index is 654. The number of carboxylic acid groups (broad SMARTS) is 1. The third-order valence-corrected chi connectivity index (χ3v) is 3.94. The van der Waals surface area contributed by atoms with E-state index in [0.717, 1.165) is 17.5 Å². The van der Waals surface area contributed by atoms with Gasteiger partial charge in [-0.25, -0.2) is 4.79 Å². The number of amides is 1. The fourth-order valence-electron chi connectivity index (χ4n) is 2.79. The van der Waals surface area contributed by atoms with Gasteiger partial charge in [0.05, 0.1) is 0 Å². The van der Waals surface area contributed by atoms with E-state index in [-0.39, 0.29) is 5.92 Å². The molecule has 1 fully saturated rings.